The summed E-state index contributed by atoms with van der Waals surface area (Å²) in [5, 5.41) is 0. The maximum Gasteiger partial charge on any atom is 0.308 e. The van der Waals surface area contributed by atoms with Crippen molar-refractivity contribution in [3.63, 3.8) is 0 Å². The van der Waals surface area contributed by atoms with Gasteiger partial charge in [-0.15, -0.1) is 0 Å². The minimum Gasteiger partial charge on any atom is -0.487 e. The summed E-state index contributed by atoms with van der Waals surface area (Å²) in [5.74, 6) is 0.0701. The Morgan fingerprint density at radius 3 is 2.58 bits per heavy atom. The van der Waals surface area contributed by atoms with Gasteiger partial charge in [0, 0.05) is 26.4 Å². The second-order valence-electron chi connectivity index (χ2n) is 4.54. The first-order chi connectivity index (χ1) is 8.90. The lowest BCUT2D eigenvalue weighted by molar-refractivity contribution is -0.132. The van der Waals surface area contributed by atoms with Gasteiger partial charge >= 0.3 is 5.97 Å². The lowest BCUT2D eigenvalue weighted by Gasteiger charge is -2.14. The number of hydrogen-bond acceptors (Lipinski definition) is 4. The van der Waals surface area contributed by atoms with Gasteiger partial charge in [-0.2, -0.15) is 0 Å². The molecule has 2 aromatic heterocycles. The molecule has 2 aromatic rings. The predicted octanol–water partition coefficient (Wildman–Crippen LogP) is 1.35. The molecule has 2 rings (SSSR count). The van der Waals surface area contributed by atoms with Gasteiger partial charge in [-0.25, -0.2) is 0 Å². The molecular weight excluding hydrogens is 248 g/mol. The molecule has 2 heterocycles. The van der Waals surface area contributed by atoms with Crippen molar-refractivity contribution < 1.29 is 14.3 Å². The second kappa shape index (κ2) is 4.79. The summed E-state index contributed by atoms with van der Waals surface area (Å²) in [6, 6.07) is 1.32. The number of esters is 1. The van der Waals surface area contributed by atoms with Gasteiger partial charge < -0.3 is 14.0 Å². The maximum absolute atomic E-state index is 12.0. The van der Waals surface area contributed by atoms with Crippen molar-refractivity contribution >= 4 is 11.6 Å². The standard InChI is InChI=1S/C13H16N2O4/c1-8(2)18-10-7-11(17)15-6-5-14(4)13(15)12(10)19-9(3)16/h5-8H,1-4H3. The average Bonchev–Trinajstić information content (AvgIpc) is 2.65. The number of imidazole rings is 1. The molecule has 102 valence electrons. The van der Waals surface area contributed by atoms with E-state index in [4.69, 9.17) is 9.47 Å². The molecule has 0 N–H and O–H groups in total. The van der Waals surface area contributed by atoms with Gasteiger partial charge in [0.2, 0.25) is 5.75 Å². The SMILES string of the molecule is CC(=O)Oc1c(OC(C)C)cc(=O)n2ccn(C)c12. The number of hydrogen-bond donors (Lipinski definition) is 0. The van der Waals surface area contributed by atoms with E-state index in [2.05, 4.69) is 0 Å². The van der Waals surface area contributed by atoms with Crippen LogP contribution in [-0.4, -0.2) is 21.0 Å². The van der Waals surface area contributed by atoms with Gasteiger partial charge in [-0.05, 0) is 13.8 Å². The van der Waals surface area contributed by atoms with E-state index in [1.807, 2.05) is 13.8 Å². The number of rotatable bonds is 3. The van der Waals surface area contributed by atoms with E-state index in [1.165, 1.54) is 17.4 Å². The third-order valence-corrected chi connectivity index (χ3v) is 2.53. The largest absolute Gasteiger partial charge is 0.487 e. The highest BCUT2D eigenvalue weighted by atomic mass is 16.6. The zero-order chi connectivity index (χ0) is 14.2. The Labute approximate surface area is 110 Å². The van der Waals surface area contributed by atoms with E-state index in [9.17, 15) is 9.59 Å². The highest BCUT2D eigenvalue weighted by Crippen LogP contribution is 2.31. The first kappa shape index (κ1) is 13.2. The Morgan fingerprint density at radius 1 is 1.32 bits per heavy atom. The van der Waals surface area contributed by atoms with Crippen molar-refractivity contribution in [3.05, 3.63) is 28.8 Å². The summed E-state index contributed by atoms with van der Waals surface area (Å²) >= 11 is 0. The monoisotopic (exact) mass is 264 g/mol. The summed E-state index contributed by atoms with van der Waals surface area (Å²) in [5.41, 5.74) is 0.250. The van der Waals surface area contributed by atoms with Crippen LogP contribution in [0.25, 0.3) is 5.65 Å². The fraction of sp³-hybridized carbons (Fsp3) is 0.385. The predicted molar refractivity (Wildman–Crippen MR) is 69.7 cm³/mol. The van der Waals surface area contributed by atoms with Crippen molar-refractivity contribution in [2.45, 2.75) is 26.9 Å². The van der Waals surface area contributed by atoms with Gasteiger partial charge in [-0.3, -0.25) is 14.0 Å². The number of aryl methyl sites for hydroxylation is 1. The summed E-state index contributed by atoms with van der Waals surface area (Å²) in [6.07, 6.45) is 3.20. The zero-order valence-corrected chi connectivity index (χ0v) is 11.3. The Balaban J connectivity index is 2.75. The number of ether oxygens (including phenoxy) is 2. The van der Waals surface area contributed by atoms with Gasteiger partial charge in [0.1, 0.15) is 0 Å². The molecule has 0 saturated heterocycles. The summed E-state index contributed by atoms with van der Waals surface area (Å²) in [4.78, 5) is 23.2. The Morgan fingerprint density at radius 2 is 2.00 bits per heavy atom. The molecule has 0 aliphatic carbocycles. The third-order valence-electron chi connectivity index (χ3n) is 2.53. The number of aromatic nitrogens is 2. The normalized spacial score (nSPS) is 11.0. The first-order valence-corrected chi connectivity index (χ1v) is 5.96. The molecule has 0 amide bonds. The molecule has 0 spiro atoms. The Hall–Kier alpha value is -2.24. The number of pyridine rings is 1. The third kappa shape index (κ3) is 2.47. The fourth-order valence-corrected chi connectivity index (χ4v) is 1.86. The summed E-state index contributed by atoms with van der Waals surface area (Å²) in [7, 11) is 1.76. The molecule has 0 fully saturated rings. The zero-order valence-electron chi connectivity index (χ0n) is 11.3. The van der Waals surface area contributed by atoms with E-state index in [1.54, 1.807) is 24.0 Å². The summed E-state index contributed by atoms with van der Waals surface area (Å²) < 4.78 is 13.9. The second-order valence-corrected chi connectivity index (χ2v) is 4.54. The molecule has 0 unspecified atom stereocenters. The van der Waals surface area contributed by atoms with Gasteiger partial charge in [0.25, 0.3) is 5.56 Å². The van der Waals surface area contributed by atoms with Crippen LogP contribution in [0.1, 0.15) is 20.8 Å². The molecule has 6 heteroatoms. The first-order valence-electron chi connectivity index (χ1n) is 5.96. The molecule has 19 heavy (non-hydrogen) atoms. The molecule has 0 saturated carbocycles. The Bertz CT molecular complexity index is 682. The lowest BCUT2D eigenvalue weighted by atomic mass is 10.3. The van der Waals surface area contributed by atoms with Crippen molar-refractivity contribution in [3.8, 4) is 11.5 Å². The minimum atomic E-state index is -0.463. The molecule has 0 radical (unpaired) electrons. The van der Waals surface area contributed by atoms with Crippen LogP contribution >= 0.6 is 0 Å². The van der Waals surface area contributed by atoms with Crippen LogP contribution in [0, 0.1) is 0 Å². The molecule has 0 bridgehead atoms. The number of fused-ring (bicyclic) bond motifs is 1. The maximum atomic E-state index is 12.0. The number of carbonyl (C=O) groups is 1. The summed E-state index contributed by atoms with van der Waals surface area (Å²) in [6.45, 7) is 4.98. The van der Waals surface area contributed by atoms with E-state index in [-0.39, 0.29) is 23.2 Å². The van der Waals surface area contributed by atoms with E-state index >= 15 is 0 Å². The van der Waals surface area contributed by atoms with Crippen molar-refractivity contribution in [2.75, 3.05) is 0 Å². The molecule has 0 atom stereocenters. The lowest BCUT2D eigenvalue weighted by Crippen LogP contribution is -2.17. The van der Waals surface area contributed by atoms with Crippen molar-refractivity contribution in [2.24, 2.45) is 7.05 Å². The van der Waals surface area contributed by atoms with Crippen LogP contribution in [0.5, 0.6) is 11.5 Å². The van der Waals surface area contributed by atoms with E-state index in [0.717, 1.165) is 0 Å². The molecule has 0 aliphatic rings. The molecule has 0 aliphatic heterocycles. The number of carbonyl (C=O) groups excluding carboxylic acids is 1. The van der Waals surface area contributed by atoms with Crippen LogP contribution in [0.2, 0.25) is 0 Å². The van der Waals surface area contributed by atoms with Crippen LogP contribution in [0.4, 0.5) is 0 Å². The fourth-order valence-electron chi connectivity index (χ4n) is 1.86. The van der Waals surface area contributed by atoms with Crippen LogP contribution in [0.15, 0.2) is 23.3 Å². The molecule has 6 nitrogen and oxygen atoms in total. The quantitative estimate of drug-likeness (QED) is 0.785. The number of nitrogens with zero attached hydrogens (tertiary/aromatic N) is 2. The van der Waals surface area contributed by atoms with E-state index < -0.39 is 5.97 Å². The molecular formula is C13H16N2O4. The smallest absolute Gasteiger partial charge is 0.308 e. The van der Waals surface area contributed by atoms with Crippen LogP contribution in [-0.2, 0) is 11.8 Å². The minimum absolute atomic E-state index is 0.128. The Kier molecular flexibility index (Phi) is 3.33. The van der Waals surface area contributed by atoms with Crippen molar-refractivity contribution in [1.82, 2.24) is 8.97 Å². The van der Waals surface area contributed by atoms with Crippen molar-refractivity contribution in [1.29, 1.82) is 0 Å². The highest BCUT2D eigenvalue weighted by Gasteiger charge is 2.18. The average molecular weight is 264 g/mol. The highest BCUT2D eigenvalue weighted by molar-refractivity contribution is 5.75. The van der Waals surface area contributed by atoms with E-state index in [0.29, 0.717) is 5.65 Å². The van der Waals surface area contributed by atoms with Crippen LogP contribution in [0.3, 0.4) is 0 Å². The van der Waals surface area contributed by atoms with Gasteiger partial charge in [-0.1, -0.05) is 0 Å². The van der Waals surface area contributed by atoms with Gasteiger partial charge in [0.15, 0.2) is 11.4 Å². The van der Waals surface area contributed by atoms with Gasteiger partial charge in [0.05, 0.1) is 12.2 Å². The molecule has 0 aromatic carbocycles. The van der Waals surface area contributed by atoms with Crippen LogP contribution < -0.4 is 15.0 Å². The topological polar surface area (TPSA) is 61.9 Å².